The average Bonchev–Trinajstić information content (AvgIpc) is 3.54. The first-order chi connectivity index (χ1) is 13.8. The minimum atomic E-state index is -3.74. The molecule has 1 saturated carbocycles. The van der Waals surface area contributed by atoms with Crippen molar-refractivity contribution in [2.75, 3.05) is 45.8 Å². The first-order valence-corrected chi connectivity index (χ1v) is 12.1. The molecule has 2 saturated heterocycles. The largest absolute Gasteiger partial charge is 0.340 e. The lowest BCUT2D eigenvalue weighted by Crippen LogP contribution is -2.52. The number of benzene rings is 1. The van der Waals surface area contributed by atoms with Crippen molar-refractivity contribution in [2.45, 2.75) is 30.6 Å². The van der Waals surface area contributed by atoms with E-state index < -0.39 is 15.8 Å². The number of hydrogen-bond donors (Lipinski definition) is 0. The molecule has 0 atom stereocenters. The molecule has 6 nitrogen and oxygen atoms in total. The molecule has 0 aromatic heterocycles. The van der Waals surface area contributed by atoms with Crippen molar-refractivity contribution < 1.29 is 17.6 Å². The molecule has 3 aliphatic rings. The second-order valence-corrected chi connectivity index (χ2v) is 10.7. The number of piperidine rings is 1. The minimum Gasteiger partial charge on any atom is -0.340 e. The fourth-order valence-electron chi connectivity index (χ4n) is 4.20. The molecule has 0 unspecified atom stereocenters. The number of halogens is 2. The van der Waals surface area contributed by atoms with Crippen molar-refractivity contribution in [3.63, 3.8) is 0 Å². The molecule has 0 radical (unpaired) electrons. The average molecular weight is 444 g/mol. The summed E-state index contributed by atoms with van der Waals surface area (Å²) in [7, 11) is -3.74. The van der Waals surface area contributed by atoms with Gasteiger partial charge in [-0.2, -0.15) is 4.31 Å². The van der Waals surface area contributed by atoms with E-state index in [0.717, 1.165) is 50.8 Å². The number of sulfonamides is 1. The van der Waals surface area contributed by atoms with Crippen LogP contribution in [-0.2, 0) is 14.8 Å². The molecular weight excluding hydrogens is 417 g/mol. The van der Waals surface area contributed by atoms with Gasteiger partial charge in [-0.05, 0) is 49.8 Å². The number of amides is 1. The molecule has 0 spiro atoms. The highest BCUT2D eigenvalue weighted by Crippen LogP contribution is 2.30. The maximum atomic E-state index is 13.3. The molecule has 1 aromatic rings. The standard InChI is InChI=1S/C20H27ClFN3O3S/c21-18-13-17(3-4-19(18)22)29(27,28)25-7-5-16(6-8-25)20(26)24-11-9-23(10-12-24)14-15-1-2-15/h3-4,13,15-16H,1-2,5-12,14H2. The van der Waals surface area contributed by atoms with Gasteiger partial charge in [0.05, 0.1) is 9.92 Å². The number of carbonyl (C=O) groups excluding carboxylic acids is 1. The predicted molar refractivity (Wildman–Crippen MR) is 109 cm³/mol. The van der Waals surface area contributed by atoms with Crippen molar-refractivity contribution in [3.05, 3.63) is 29.0 Å². The molecule has 160 valence electrons. The number of rotatable bonds is 5. The van der Waals surface area contributed by atoms with Gasteiger partial charge in [-0.1, -0.05) is 11.6 Å². The second kappa shape index (κ2) is 8.49. The van der Waals surface area contributed by atoms with Gasteiger partial charge in [0.25, 0.3) is 0 Å². The van der Waals surface area contributed by atoms with E-state index >= 15 is 0 Å². The summed E-state index contributed by atoms with van der Waals surface area (Å²) in [5.41, 5.74) is 0. The summed E-state index contributed by atoms with van der Waals surface area (Å²) >= 11 is 5.74. The Morgan fingerprint density at radius 2 is 1.69 bits per heavy atom. The van der Waals surface area contributed by atoms with E-state index in [9.17, 15) is 17.6 Å². The van der Waals surface area contributed by atoms with Crippen LogP contribution < -0.4 is 0 Å². The predicted octanol–water partition coefficient (Wildman–Crippen LogP) is 2.43. The quantitative estimate of drug-likeness (QED) is 0.701. The van der Waals surface area contributed by atoms with Crippen molar-refractivity contribution in [2.24, 2.45) is 11.8 Å². The number of piperazine rings is 1. The minimum absolute atomic E-state index is 0.0135. The van der Waals surface area contributed by atoms with Crippen LogP contribution in [0.15, 0.2) is 23.1 Å². The third-order valence-electron chi connectivity index (χ3n) is 6.23. The summed E-state index contributed by atoms with van der Waals surface area (Å²) < 4.78 is 40.3. The van der Waals surface area contributed by atoms with E-state index in [0.29, 0.717) is 12.8 Å². The number of carbonyl (C=O) groups is 1. The van der Waals surface area contributed by atoms with Crippen LogP contribution in [0.25, 0.3) is 0 Å². The van der Waals surface area contributed by atoms with E-state index in [4.69, 9.17) is 11.6 Å². The highest BCUT2D eigenvalue weighted by molar-refractivity contribution is 7.89. The van der Waals surface area contributed by atoms with Gasteiger partial charge in [0.1, 0.15) is 5.82 Å². The zero-order chi connectivity index (χ0) is 20.6. The highest BCUT2D eigenvalue weighted by atomic mass is 35.5. The van der Waals surface area contributed by atoms with E-state index in [2.05, 4.69) is 4.90 Å². The lowest BCUT2D eigenvalue weighted by molar-refractivity contribution is -0.138. The first kappa shape index (κ1) is 21.0. The van der Waals surface area contributed by atoms with Crippen LogP contribution in [-0.4, -0.2) is 74.2 Å². The second-order valence-electron chi connectivity index (χ2n) is 8.32. The zero-order valence-electron chi connectivity index (χ0n) is 16.4. The molecule has 2 aliphatic heterocycles. The van der Waals surface area contributed by atoms with Gasteiger partial charge >= 0.3 is 0 Å². The molecule has 4 rings (SSSR count). The van der Waals surface area contributed by atoms with E-state index in [1.54, 1.807) is 0 Å². The molecule has 2 heterocycles. The lowest BCUT2D eigenvalue weighted by Gasteiger charge is -2.38. The SMILES string of the molecule is O=C(C1CCN(S(=O)(=O)c2ccc(F)c(Cl)c2)CC1)N1CCN(CC2CC2)CC1. The Hall–Kier alpha value is -1.22. The maximum absolute atomic E-state index is 13.3. The van der Waals surface area contributed by atoms with Gasteiger partial charge in [0.15, 0.2) is 0 Å². The van der Waals surface area contributed by atoms with Gasteiger partial charge < -0.3 is 4.90 Å². The van der Waals surface area contributed by atoms with E-state index in [1.807, 2.05) is 4.90 Å². The summed E-state index contributed by atoms with van der Waals surface area (Å²) in [6.45, 7) is 5.12. The molecule has 1 aliphatic carbocycles. The highest BCUT2D eigenvalue weighted by Gasteiger charge is 2.35. The van der Waals surface area contributed by atoms with Crippen molar-refractivity contribution in [3.8, 4) is 0 Å². The lowest BCUT2D eigenvalue weighted by atomic mass is 9.96. The van der Waals surface area contributed by atoms with Crippen LogP contribution >= 0.6 is 11.6 Å². The summed E-state index contributed by atoms with van der Waals surface area (Å²) in [4.78, 5) is 17.3. The normalized spacial score (nSPS) is 22.8. The maximum Gasteiger partial charge on any atom is 0.243 e. The molecule has 1 amide bonds. The number of nitrogens with zero attached hydrogens (tertiary/aromatic N) is 3. The third kappa shape index (κ3) is 4.76. The van der Waals surface area contributed by atoms with E-state index in [-0.39, 0.29) is 34.8 Å². The summed E-state index contributed by atoms with van der Waals surface area (Å²) in [6, 6.07) is 3.44. The Kier molecular flexibility index (Phi) is 6.16. The van der Waals surface area contributed by atoms with Gasteiger partial charge in [-0.15, -0.1) is 0 Å². The molecule has 3 fully saturated rings. The van der Waals surface area contributed by atoms with Crippen LogP contribution in [0, 0.1) is 17.7 Å². The van der Waals surface area contributed by atoms with Crippen molar-refractivity contribution >= 4 is 27.5 Å². The van der Waals surface area contributed by atoms with Crippen LogP contribution in [0.5, 0.6) is 0 Å². The third-order valence-corrected chi connectivity index (χ3v) is 8.41. The zero-order valence-corrected chi connectivity index (χ0v) is 18.0. The monoisotopic (exact) mass is 443 g/mol. The van der Waals surface area contributed by atoms with Crippen LogP contribution in [0.2, 0.25) is 5.02 Å². The van der Waals surface area contributed by atoms with Gasteiger partial charge in [0, 0.05) is 51.7 Å². The fraction of sp³-hybridized carbons (Fsp3) is 0.650. The summed E-state index contributed by atoms with van der Waals surface area (Å²) in [5.74, 6) is 0.234. The molecule has 9 heteroatoms. The Balaban J connectivity index is 1.30. The Morgan fingerprint density at radius 1 is 1.03 bits per heavy atom. The van der Waals surface area contributed by atoms with Crippen LogP contribution in [0.3, 0.4) is 0 Å². The summed E-state index contributed by atoms with van der Waals surface area (Å²) in [6.07, 6.45) is 3.69. The first-order valence-electron chi connectivity index (χ1n) is 10.3. The van der Waals surface area contributed by atoms with E-state index in [1.165, 1.54) is 23.2 Å². The Labute approximate surface area is 176 Å². The Bertz CT molecular complexity index is 862. The van der Waals surface area contributed by atoms with Crippen LogP contribution in [0.1, 0.15) is 25.7 Å². The summed E-state index contributed by atoms with van der Waals surface area (Å²) in [5, 5.41) is -0.211. The van der Waals surface area contributed by atoms with Gasteiger partial charge in [-0.25, -0.2) is 12.8 Å². The topological polar surface area (TPSA) is 60.9 Å². The van der Waals surface area contributed by atoms with Gasteiger partial charge in [0.2, 0.25) is 15.9 Å². The molecule has 0 bridgehead atoms. The molecule has 29 heavy (non-hydrogen) atoms. The molecular formula is C20H27ClFN3O3S. The molecule has 1 aromatic carbocycles. The Morgan fingerprint density at radius 3 is 2.28 bits per heavy atom. The van der Waals surface area contributed by atoms with Crippen molar-refractivity contribution in [1.82, 2.24) is 14.1 Å². The molecule has 0 N–H and O–H groups in total. The van der Waals surface area contributed by atoms with Crippen molar-refractivity contribution in [1.29, 1.82) is 0 Å². The number of hydrogen-bond acceptors (Lipinski definition) is 4. The van der Waals surface area contributed by atoms with Crippen LogP contribution in [0.4, 0.5) is 4.39 Å². The van der Waals surface area contributed by atoms with Gasteiger partial charge in [-0.3, -0.25) is 9.69 Å². The smallest absolute Gasteiger partial charge is 0.243 e. The fourth-order valence-corrected chi connectivity index (χ4v) is 5.95.